The third-order valence-corrected chi connectivity index (χ3v) is 2.66. The first kappa shape index (κ1) is 9.75. The third kappa shape index (κ3) is 1.41. The topological polar surface area (TPSA) is 18.5 Å². The zero-order valence-electron chi connectivity index (χ0n) is 8.60. The van der Waals surface area contributed by atoms with E-state index in [2.05, 4.69) is 6.58 Å². The molecule has 12 heavy (non-hydrogen) atoms. The maximum Gasteiger partial charge on any atom is 0.180 e. The first-order valence-electron chi connectivity index (χ1n) is 4.27. The number of hydrogen-bond donors (Lipinski definition) is 0. The Labute approximate surface area is 74.6 Å². The van der Waals surface area contributed by atoms with Crippen LogP contribution in [0.5, 0.6) is 0 Å². The molecule has 0 aromatic rings. The molecule has 0 unspecified atom stereocenters. The van der Waals surface area contributed by atoms with Crippen molar-refractivity contribution in [2.45, 2.75) is 52.1 Å². The van der Waals surface area contributed by atoms with E-state index in [1.54, 1.807) is 0 Å². The summed E-state index contributed by atoms with van der Waals surface area (Å²) in [6, 6.07) is 0. The minimum absolute atomic E-state index is 0.239. The molecule has 70 valence electrons. The molecule has 1 aliphatic heterocycles. The first-order chi connectivity index (χ1) is 5.26. The summed E-state index contributed by atoms with van der Waals surface area (Å²) >= 11 is 0. The average molecular weight is 170 g/mol. The Balaban J connectivity index is 2.81. The predicted octanol–water partition coefficient (Wildman–Crippen LogP) is 2.49. The molecule has 1 aliphatic rings. The van der Waals surface area contributed by atoms with Crippen LogP contribution in [0.15, 0.2) is 12.2 Å². The molecule has 0 aromatic carbocycles. The van der Waals surface area contributed by atoms with Crippen molar-refractivity contribution in [3.05, 3.63) is 12.2 Å². The van der Waals surface area contributed by atoms with Gasteiger partial charge >= 0.3 is 0 Å². The molecule has 0 radical (unpaired) electrons. The Morgan fingerprint density at radius 1 is 1.08 bits per heavy atom. The van der Waals surface area contributed by atoms with Gasteiger partial charge in [-0.3, -0.25) is 0 Å². The van der Waals surface area contributed by atoms with E-state index in [0.29, 0.717) is 0 Å². The van der Waals surface area contributed by atoms with Crippen LogP contribution in [0.3, 0.4) is 0 Å². The molecule has 0 aromatic heterocycles. The molecule has 0 saturated carbocycles. The van der Waals surface area contributed by atoms with Crippen LogP contribution in [0.2, 0.25) is 0 Å². The van der Waals surface area contributed by atoms with Crippen molar-refractivity contribution in [1.82, 2.24) is 0 Å². The summed E-state index contributed by atoms with van der Waals surface area (Å²) in [6.07, 6.45) is -0.241. The highest BCUT2D eigenvalue weighted by Crippen LogP contribution is 2.39. The lowest BCUT2D eigenvalue weighted by molar-refractivity contribution is -0.0584. The van der Waals surface area contributed by atoms with Gasteiger partial charge < -0.3 is 9.47 Å². The lowest BCUT2D eigenvalue weighted by atomic mass is 9.90. The highest BCUT2D eigenvalue weighted by molar-refractivity contribution is 5.03. The Hall–Kier alpha value is -0.340. The monoisotopic (exact) mass is 170 g/mol. The second kappa shape index (κ2) is 2.57. The van der Waals surface area contributed by atoms with E-state index in [0.717, 1.165) is 5.57 Å². The standard InChI is InChI=1S/C10H18O2/c1-7(2)8-11-9(3,4)10(5,6)12-8/h8H,1H2,2-6H3. The second-order valence-corrected chi connectivity index (χ2v) is 4.43. The smallest absolute Gasteiger partial charge is 0.180 e. The lowest BCUT2D eigenvalue weighted by Crippen LogP contribution is -2.41. The summed E-state index contributed by atoms with van der Waals surface area (Å²) in [5, 5.41) is 0. The van der Waals surface area contributed by atoms with Crippen LogP contribution in [0.25, 0.3) is 0 Å². The maximum absolute atomic E-state index is 5.70. The normalized spacial score (nSPS) is 27.4. The quantitative estimate of drug-likeness (QED) is 0.563. The molecule has 0 spiro atoms. The predicted molar refractivity (Wildman–Crippen MR) is 48.9 cm³/mol. The van der Waals surface area contributed by atoms with E-state index >= 15 is 0 Å². The summed E-state index contributed by atoms with van der Waals surface area (Å²) in [7, 11) is 0. The van der Waals surface area contributed by atoms with Gasteiger partial charge in [0.25, 0.3) is 0 Å². The summed E-state index contributed by atoms with van der Waals surface area (Å²) in [5.41, 5.74) is 0.446. The van der Waals surface area contributed by atoms with E-state index in [1.807, 2.05) is 34.6 Å². The summed E-state index contributed by atoms with van der Waals surface area (Å²) < 4.78 is 11.4. The largest absolute Gasteiger partial charge is 0.340 e. The summed E-state index contributed by atoms with van der Waals surface area (Å²) in [5.74, 6) is 0. The number of hydrogen-bond acceptors (Lipinski definition) is 2. The molecule has 2 heteroatoms. The first-order valence-corrected chi connectivity index (χ1v) is 4.27. The van der Waals surface area contributed by atoms with Crippen molar-refractivity contribution < 1.29 is 9.47 Å². The molecule has 2 nitrogen and oxygen atoms in total. The van der Waals surface area contributed by atoms with Crippen LogP contribution in [0.4, 0.5) is 0 Å². The van der Waals surface area contributed by atoms with Crippen LogP contribution in [-0.4, -0.2) is 17.5 Å². The zero-order valence-corrected chi connectivity index (χ0v) is 8.60. The van der Waals surface area contributed by atoms with E-state index < -0.39 is 0 Å². The molecule has 1 fully saturated rings. The van der Waals surface area contributed by atoms with E-state index in [4.69, 9.17) is 9.47 Å². The van der Waals surface area contributed by atoms with Gasteiger partial charge in [0, 0.05) is 0 Å². The molecule has 0 aliphatic carbocycles. The molecule has 0 N–H and O–H groups in total. The van der Waals surface area contributed by atoms with Gasteiger partial charge in [-0.05, 0) is 40.2 Å². The SMILES string of the molecule is C=C(C)C1OC(C)(C)C(C)(C)O1. The molecule has 0 amide bonds. The molecule has 1 heterocycles. The Morgan fingerprint density at radius 2 is 1.42 bits per heavy atom. The van der Waals surface area contributed by atoms with Crippen LogP contribution in [-0.2, 0) is 9.47 Å². The van der Waals surface area contributed by atoms with Gasteiger partial charge in [-0.25, -0.2) is 0 Å². The minimum Gasteiger partial charge on any atom is -0.340 e. The van der Waals surface area contributed by atoms with Crippen LogP contribution in [0.1, 0.15) is 34.6 Å². The van der Waals surface area contributed by atoms with Crippen molar-refractivity contribution in [3.8, 4) is 0 Å². The fourth-order valence-corrected chi connectivity index (χ4v) is 1.04. The minimum atomic E-state index is -0.241. The van der Waals surface area contributed by atoms with Gasteiger partial charge in [0.05, 0.1) is 11.2 Å². The Kier molecular flexibility index (Phi) is 2.09. The van der Waals surface area contributed by atoms with Crippen molar-refractivity contribution in [1.29, 1.82) is 0 Å². The average Bonchev–Trinajstić information content (AvgIpc) is 2.03. The van der Waals surface area contributed by atoms with E-state index in [1.165, 1.54) is 0 Å². The molecule has 1 rings (SSSR count). The molecule has 0 bridgehead atoms. The lowest BCUT2D eigenvalue weighted by Gasteiger charge is -2.30. The fourth-order valence-electron chi connectivity index (χ4n) is 1.04. The number of rotatable bonds is 1. The van der Waals surface area contributed by atoms with Gasteiger partial charge in [-0.15, -0.1) is 0 Å². The summed E-state index contributed by atoms with van der Waals surface area (Å²) in [6.45, 7) is 13.9. The van der Waals surface area contributed by atoms with E-state index in [9.17, 15) is 0 Å². The van der Waals surface area contributed by atoms with Crippen LogP contribution in [0, 0.1) is 0 Å². The molecule has 1 saturated heterocycles. The summed E-state index contributed by atoms with van der Waals surface area (Å²) in [4.78, 5) is 0. The Bertz CT molecular complexity index is 188. The van der Waals surface area contributed by atoms with Gasteiger partial charge in [-0.2, -0.15) is 0 Å². The molecular formula is C10H18O2. The highest BCUT2D eigenvalue weighted by Gasteiger charge is 2.49. The van der Waals surface area contributed by atoms with Gasteiger partial charge in [0.15, 0.2) is 6.29 Å². The highest BCUT2D eigenvalue weighted by atomic mass is 16.7. The second-order valence-electron chi connectivity index (χ2n) is 4.43. The van der Waals surface area contributed by atoms with Crippen molar-refractivity contribution in [3.63, 3.8) is 0 Å². The fraction of sp³-hybridized carbons (Fsp3) is 0.800. The maximum atomic E-state index is 5.70. The van der Waals surface area contributed by atoms with Crippen LogP contribution >= 0.6 is 0 Å². The van der Waals surface area contributed by atoms with Gasteiger partial charge in [0.1, 0.15) is 0 Å². The Morgan fingerprint density at radius 3 is 1.58 bits per heavy atom. The molecular weight excluding hydrogens is 152 g/mol. The number of ether oxygens (including phenoxy) is 2. The van der Waals surface area contributed by atoms with Crippen LogP contribution < -0.4 is 0 Å². The van der Waals surface area contributed by atoms with Gasteiger partial charge in [0.2, 0.25) is 0 Å². The van der Waals surface area contributed by atoms with Gasteiger partial charge in [-0.1, -0.05) is 6.58 Å². The van der Waals surface area contributed by atoms with Crippen molar-refractivity contribution >= 4 is 0 Å². The van der Waals surface area contributed by atoms with E-state index in [-0.39, 0.29) is 17.5 Å². The van der Waals surface area contributed by atoms with Crippen molar-refractivity contribution in [2.75, 3.05) is 0 Å². The zero-order chi connectivity index (χ0) is 9.57. The molecule has 0 atom stereocenters. The van der Waals surface area contributed by atoms with Crippen molar-refractivity contribution in [2.24, 2.45) is 0 Å². The third-order valence-electron chi connectivity index (χ3n) is 2.66.